The van der Waals surface area contributed by atoms with Gasteiger partial charge in [-0.15, -0.1) is 0 Å². The predicted molar refractivity (Wildman–Crippen MR) is 94.6 cm³/mol. The first kappa shape index (κ1) is 18.2. The normalized spacial score (nSPS) is 12.1. The van der Waals surface area contributed by atoms with Crippen LogP contribution in [0.15, 0.2) is 24.3 Å². The second kappa shape index (κ2) is 9.25. The molecule has 0 aromatic heterocycles. The van der Waals surface area contributed by atoms with Crippen molar-refractivity contribution in [3.05, 3.63) is 35.4 Å². The Labute approximate surface area is 132 Å². The van der Waals surface area contributed by atoms with E-state index in [4.69, 9.17) is 0 Å². The molecular formula is C20H35N. The SMILES string of the molecule is CCCCCC(C)(C)CNCc1ccc(CC(C)C)cc1. The fraction of sp³-hybridized carbons (Fsp3) is 0.700. The zero-order valence-electron chi connectivity index (χ0n) is 14.8. The summed E-state index contributed by atoms with van der Waals surface area (Å²) in [6.07, 6.45) is 6.53. The van der Waals surface area contributed by atoms with Crippen LogP contribution in [-0.2, 0) is 13.0 Å². The van der Waals surface area contributed by atoms with Gasteiger partial charge in [0.25, 0.3) is 0 Å². The van der Waals surface area contributed by atoms with Gasteiger partial charge in [-0.1, -0.05) is 78.1 Å². The van der Waals surface area contributed by atoms with Crippen LogP contribution < -0.4 is 5.32 Å². The summed E-state index contributed by atoms with van der Waals surface area (Å²) in [5, 5.41) is 3.63. The van der Waals surface area contributed by atoms with Gasteiger partial charge in [0.05, 0.1) is 0 Å². The molecule has 0 atom stereocenters. The molecule has 0 aliphatic carbocycles. The maximum Gasteiger partial charge on any atom is 0.0205 e. The molecule has 21 heavy (non-hydrogen) atoms. The van der Waals surface area contributed by atoms with Crippen LogP contribution in [0.2, 0.25) is 0 Å². The Bertz CT molecular complexity index is 375. The van der Waals surface area contributed by atoms with Crippen molar-refractivity contribution in [1.82, 2.24) is 5.32 Å². The molecule has 0 aliphatic heterocycles. The molecule has 0 spiro atoms. The first-order valence-electron chi connectivity index (χ1n) is 8.71. The summed E-state index contributed by atoms with van der Waals surface area (Å²) in [7, 11) is 0. The van der Waals surface area contributed by atoms with Crippen molar-refractivity contribution in [1.29, 1.82) is 0 Å². The first-order valence-corrected chi connectivity index (χ1v) is 8.71. The maximum atomic E-state index is 3.63. The first-order chi connectivity index (χ1) is 9.93. The molecule has 0 unspecified atom stereocenters. The Morgan fingerprint density at radius 1 is 1.00 bits per heavy atom. The van der Waals surface area contributed by atoms with Crippen LogP contribution in [0.3, 0.4) is 0 Å². The third-order valence-electron chi connectivity index (χ3n) is 4.06. The van der Waals surface area contributed by atoms with E-state index in [0.29, 0.717) is 5.41 Å². The summed E-state index contributed by atoms with van der Waals surface area (Å²) in [5.74, 6) is 0.734. The molecule has 0 heterocycles. The molecule has 1 aromatic carbocycles. The van der Waals surface area contributed by atoms with Crippen LogP contribution in [0.1, 0.15) is 71.4 Å². The molecule has 0 bridgehead atoms. The van der Waals surface area contributed by atoms with Gasteiger partial charge >= 0.3 is 0 Å². The van der Waals surface area contributed by atoms with Crippen molar-refractivity contribution in [3.8, 4) is 0 Å². The predicted octanol–water partition coefficient (Wildman–Crippen LogP) is 5.58. The van der Waals surface area contributed by atoms with Crippen molar-refractivity contribution >= 4 is 0 Å². The number of hydrogen-bond acceptors (Lipinski definition) is 1. The Morgan fingerprint density at radius 2 is 1.62 bits per heavy atom. The molecule has 0 amide bonds. The van der Waals surface area contributed by atoms with E-state index in [-0.39, 0.29) is 0 Å². The van der Waals surface area contributed by atoms with E-state index >= 15 is 0 Å². The van der Waals surface area contributed by atoms with E-state index in [9.17, 15) is 0 Å². The molecule has 0 fully saturated rings. The lowest BCUT2D eigenvalue weighted by Gasteiger charge is -2.25. The maximum absolute atomic E-state index is 3.63. The van der Waals surface area contributed by atoms with Gasteiger partial charge in [-0.05, 0) is 35.3 Å². The Kier molecular flexibility index (Phi) is 8.03. The van der Waals surface area contributed by atoms with Gasteiger partial charge < -0.3 is 5.32 Å². The van der Waals surface area contributed by atoms with E-state index in [1.54, 1.807) is 0 Å². The molecular weight excluding hydrogens is 254 g/mol. The summed E-state index contributed by atoms with van der Waals surface area (Å²) in [6.45, 7) is 13.7. The summed E-state index contributed by atoms with van der Waals surface area (Å²) in [6, 6.07) is 9.11. The van der Waals surface area contributed by atoms with Crippen LogP contribution in [0.25, 0.3) is 0 Å². The average Bonchev–Trinajstić information content (AvgIpc) is 2.40. The highest BCUT2D eigenvalue weighted by molar-refractivity contribution is 5.22. The number of hydrogen-bond donors (Lipinski definition) is 1. The van der Waals surface area contributed by atoms with Gasteiger partial charge in [0.1, 0.15) is 0 Å². The van der Waals surface area contributed by atoms with E-state index in [2.05, 4.69) is 64.2 Å². The van der Waals surface area contributed by atoms with Crippen molar-refractivity contribution < 1.29 is 0 Å². The van der Waals surface area contributed by atoms with E-state index < -0.39 is 0 Å². The fourth-order valence-electron chi connectivity index (χ4n) is 2.75. The molecule has 1 rings (SSSR count). The number of rotatable bonds is 10. The highest BCUT2D eigenvalue weighted by Gasteiger charge is 2.16. The summed E-state index contributed by atoms with van der Waals surface area (Å²) < 4.78 is 0. The number of benzene rings is 1. The van der Waals surface area contributed by atoms with Crippen LogP contribution >= 0.6 is 0 Å². The second-order valence-electron chi connectivity index (χ2n) is 7.64. The molecule has 120 valence electrons. The minimum atomic E-state index is 0.409. The van der Waals surface area contributed by atoms with Gasteiger partial charge in [0.2, 0.25) is 0 Å². The van der Waals surface area contributed by atoms with Gasteiger partial charge in [0, 0.05) is 13.1 Å². The third-order valence-corrected chi connectivity index (χ3v) is 4.06. The largest absolute Gasteiger partial charge is 0.312 e. The Balaban J connectivity index is 2.31. The van der Waals surface area contributed by atoms with Crippen LogP contribution in [0, 0.1) is 11.3 Å². The smallest absolute Gasteiger partial charge is 0.0205 e. The van der Waals surface area contributed by atoms with Gasteiger partial charge in [0.15, 0.2) is 0 Å². The third kappa shape index (κ3) is 8.26. The monoisotopic (exact) mass is 289 g/mol. The van der Waals surface area contributed by atoms with Crippen LogP contribution in [0.4, 0.5) is 0 Å². The molecule has 0 saturated heterocycles. The summed E-state index contributed by atoms with van der Waals surface area (Å²) in [4.78, 5) is 0. The van der Waals surface area contributed by atoms with E-state index in [1.165, 1.54) is 43.2 Å². The molecule has 1 heteroatoms. The van der Waals surface area contributed by atoms with Crippen molar-refractivity contribution in [2.24, 2.45) is 11.3 Å². The molecule has 1 aromatic rings. The lowest BCUT2D eigenvalue weighted by molar-refractivity contribution is 0.302. The highest BCUT2D eigenvalue weighted by Crippen LogP contribution is 2.22. The molecule has 0 aliphatic rings. The molecule has 0 saturated carbocycles. The molecule has 0 radical (unpaired) electrons. The second-order valence-corrected chi connectivity index (χ2v) is 7.64. The van der Waals surface area contributed by atoms with Gasteiger partial charge in [-0.3, -0.25) is 0 Å². The van der Waals surface area contributed by atoms with Crippen LogP contribution in [-0.4, -0.2) is 6.54 Å². The highest BCUT2D eigenvalue weighted by atomic mass is 14.9. The van der Waals surface area contributed by atoms with E-state index in [1.807, 2.05) is 0 Å². The van der Waals surface area contributed by atoms with Crippen molar-refractivity contribution in [2.75, 3.05) is 6.54 Å². The quantitative estimate of drug-likeness (QED) is 0.554. The Hall–Kier alpha value is -0.820. The van der Waals surface area contributed by atoms with Crippen molar-refractivity contribution in [3.63, 3.8) is 0 Å². The topological polar surface area (TPSA) is 12.0 Å². The lowest BCUT2D eigenvalue weighted by atomic mass is 9.87. The minimum Gasteiger partial charge on any atom is -0.312 e. The molecule has 1 N–H and O–H groups in total. The number of nitrogens with one attached hydrogen (secondary N) is 1. The zero-order valence-corrected chi connectivity index (χ0v) is 14.8. The average molecular weight is 290 g/mol. The van der Waals surface area contributed by atoms with Gasteiger partial charge in [-0.25, -0.2) is 0 Å². The summed E-state index contributed by atoms with van der Waals surface area (Å²) >= 11 is 0. The lowest BCUT2D eigenvalue weighted by Crippen LogP contribution is -2.29. The van der Waals surface area contributed by atoms with Crippen molar-refractivity contribution in [2.45, 2.75) is 73.3 Å². The fourth-order valence-corrected chi connectivity index (χ4v) is 2.75. The number of unbranched alkanes of at least 4 members (excludes halogenated alkanes) is 2. The summed E-state index contributed by atoms with van der Waals surface area (Å²) in [5.41, 5.74) is 3.26. The van der Waals surface area contributed by atoms with Crippen LogP contribution in [0.5, 0.6) is 0 Å². The zero-order chi connectivity index (χ0) is 15.7. The molecule has 1 nitrogen and oxygen atoms in total. The Morgan fingerprint density at radius 3 is 2.19 bits per heavy atom. The van der Waals surface area contributed by atoms with Gasteiger partial charge in [-0.2, -0.15) is 0 Å². The standard InChI is InChI=1S/C20H35N/c1-6-7-8-13-20(4,5)16-21-15-19-11-9-18(10-12-19)14-17(2)3/h9-12,17,21H,6-8,13-16H2,1-5H3. The minimum absolute atomic E-state index is 0.409. The van der Waals surface area contributed by atoms with E-state index in [0.717, 1.165) is 19.0 Å².